The van der Waals surface area contributed by atoms with Gasteiger partial charge in [-0.05, 0) is 58.2 Å². The van der Waals surface area contributed by atoms with Crippen LogP contribution in [0.3, 0.4) is 0 Å². The van der Waals surface area contributed by atoms with Crippen molar-refractivity contribution < 1.29 is 12.8 Å². The standard InChI is InChI=1S/C14H24FN3O2S/c1-16-11-12-6-7-13(15)10-14(12)21(19,20)17-8-4-5-9-18(2)3/h6-7,10,16-17H,4-5,8-9,11H2,1-3H3. The molecule has 120 valence electrons. The number of rotatable bonds is 9. The Kier molecular flexibility index (Phi) is 7.24. The van der Waals surface area contributed by atoms with Crippen LogP contribution in [-0.2, 0) is 16.6 Å². The van der Waals surface area contributed by atoms with Gasteiger partial charge in [0.15, 0.2) is 0 Å². The van der Waals surface area contributed by atoms with Crippen LogP contribution in [0.5, 0.6) is 0 Å². The van der Waals surface area contributed by atoms with Crippen molar-refractivity contribution in [2.24, 2.45) is 0 Å². The lowest BCUT2D eigenvalue weighted by molar-refractivity contribution is 0.394. The molecule has 1 aromatic carbocycles. The third-order valence-corrected chi connectivity index (χ3v) is 4.55. The molecule has 0 aliphatic heterocycles. The molecule has 0 aromatic heterocycles. The van der Waals surface area contributed by atoms with Crippen LogP contribution in [0, 0.1) is 5.82 Å². The average molecular weight is 317 g/mol. The van der Waals surface area contributed by atoms with Gasteiger partial charge in [-0.15, -0.1) is 0 Å². The predicted molar refractivity (Wildman–Crippen MR) is 82.1 cm³/mol. The van der Waals surface area contributed by atoms with E-state index < -0.39 is 15.8 Å². The van der Waals surface area contributed by atoms with Gasteiger partial charge in [-0.3, -0.25) is 0 Å². The molecule has 0 amide bonds. The Morgan fingerprint density at radius 3 is 2.57 bits per heavy atom. The largest absolute Gasteiger partial charge is 0.316 e. The molecule has 0 saturated carbocycles. The van der Waals surface area contributed by atoms with Crippen LogP contribution in [0.1, 0.15) is 18.4 Å². The third kappa shape index (κ3) is 6.09. The van der Waals surface area contributed by atoms with E-state index in [9.17, 15) is 12.8 Å². The number of sulfonamides is 1. The summed E-state index contributed by atoms with van der Waals surface area (Å²) < 4.78 is 40.4. The molecule has 1 rings (SSSR count). The van der Waals surface area contributed by atoms with E-state index in [0.717, 1.165) is 25.5 Å². The van der Waals surface area contributed by atoms with E-state index in [4.69, 9.17) is 0 Å². The zero-order valence-electron chi connectivity index (χ0n) is 12.8. The molecule has 21 heavy (non-hydrogen) atoms. The fraction of sp³-hybridized carbons (Fsp3) is 0.571. The molecule has 1 aromatic rings. The Hall–Kier alpha value is -1.02. The second kappa shape index (κ2) is 8.43. The van der Waals surface area contributed by atoms with Crippen LogP contribution in [-0.4, -0.2) is 47.6 Å². The van der Waals surface area contributed by atoms with Gasteiger partial charge in [0.2, 0.25) is 10.0 Å². The summed E-state index contributed by atoms with van der Waals surface area (Å²) in [6, 6.07) is 3.82. The van der Waals surface area contributed by atoms with E-state index in [1.807, 2.05) is 19.0 Å². The van der Waals surface area contributed by atoms with Crippen molar-refractivity contribution in [3.05, 3.63) is 29.6 Å². The summed E-state index contributed by atoms with van der Waals surface area (Å²) in [4.78, 5) is 2.05. The number of hydrogen-bond acceptors (Lipinski definition) is 4. The number of unbranched alkanes of at least 4 members (excludes halogenated alkanes) is 1. The van der Waals surface area contributed by atoms with Crippen molar-refractivity contribution in [1.29, 1.82) is 0 Å². The number of halogens is 1. The highest BCUT2D eigenvalue weighted by Gasteiger charge is 2.18. The number of nitrogens with one attached hydrogen (secondary N) is 2. The molecule has 2 N–H and O–H groups in total. The Morgan fingerprint density at radius 2 is 1.95 bits per heavy atom. The number of nitrogens with zero attached hydrogens (tertiary/aromatic N) is 1. The van der Waals surface area contributed by atoms with Gasteiger partial charge >= 0.3 is 0 Å². The zero-order valence-corrected chi connectivity index (χ0v) is 13.6. The highest BCUT2D eigenvalue weighted by atomic mass is 32.2. The van der Waals surface area contributed by atoms with E-state index in [0.29, 0.717) is 18.7 Å². The molecule has 0 radical (unpaired) electrons. The minimum absolute atomic E-state index is 0.00413. The topological polar surface area (TPSA) is 61.4 Å². The van der Waals surface area contributed by atoms with Crippen LogP contribution in [0.2, 0.25) is 0 Å². The first-order valence-electron chi connectivity index (χ1n) is 6.94. The second-order valence-corrected chi connectivity index (χ2v) is 6.93. The Bertz CT molecular complexity index is 547. The zero-order chi connectivity index (χ0) is 15.9. The van der Waals surface area contributed by atoms with Gasteiger partial charge in [-0.25, -0.2) is 17.5 Å². The minimum Gasteiger partial charge on any atom is -0.316 e. The summed E-state index contributed by atoms with van der Waals surface area (Å²) in [6.07, 6.45) is 1.65. The van der Waals surface area contributed by atoms with E-state index in [-0.39, 0.29) is 4.90 Å². The Morgan fingerprint density at radius 1 is 1.24 bits per heavy atom. The molecular weight excluding hydrogens is 293 g/mol. The molecule has 0 heterocycles. The van der Waals surface area contributed by atoms with Crippen molar-refractivity contribution in [3.8, 4) is 0 Å². The maximum atomic E-state index is 13.3. The van der Waals surface area contributed by atoms with Crippen LogP contribution in [0.15, 0.2) is 23.1 Å². The van der Waals surface area contributed by atoms with E-state index in [1.54, 1.807) is 7.05 Å². The fourth-order valence-electron chi connectivity index (χ4n) is 1.95. The van der Waals surface area contributed by atoms with Gasteiger partial charge in [0.1, 0.15) is 5.82 Å². The van der Waals surface area contributed by atoms with Gasteiger partial charge in [0, 0.05) is 13.1 Å². The Balaban J connectivity index is 2.71. The molecule has 0 unspecified atom stereocenters. The number of hydrogen-bond donors (Lipinski definition) is 2. The van der Waals surface area contributed by atoms with E-state index >= 15 is 0 Å². The lowest BCUT2D eigenvalue weighted by Crippen LogP contribution is -2.27. The summed E-state index contributed by atoms with van der Waals surface area (Å²) >= 11 is 0. The maximum absolute atomic E-state index is 13.3. The normalized spacial score (nSPS) is 12.0. The third-order valence-electron chi connectivity index (χ3n) is 3.01. The van der Waals surface area contributed by atoms with Gasteiger partial charge < -0.3 is 10.2 Å². The smallest absolute Gasteiger partial charge is 0.240 e. The van der Waals surface area contributed by atoms with Crippen molar-refractivity contribution >= 4 is 10.0 Å². The molecule has 0 spiro atoms. The van der Waals surface area contributed by atoms with Crippen LogP contribution in [0.25, 0.3) is 0 Å². The van der Waals surface area contributed by atoms with E-state index in [2.05, 4.69) is 10.0 Å². The molecule has 0 bridgehead atoms. The summed E-state index contributed by atoms with van der Waals surface area (Å²) in [5, 5.41) is 2.88. The molecule has 0 aliphatic rings. The van der Waals surface area contributed by atoms with Gasteiger partial charge in [0.25, 0.3) is 0 Å². The Labute approximate surface area is 126 Å². The van der Waals surface area contributed by atoms with Gasteiger partial charge in [-0.1, -0.05) is 6.07 Å². The quantitative estimate of drug-likeness (QED) is 0.671. The predicted octanol–water partition coefficient (Wildman–Crippen LogP) is 1.17. The maximum Gasteiger partial charge on any atom is 0.240 e. The van der Waals surface area contributed by atoms with Crippen molar-refractivity contribution in [2.45, 2.75) is 24.3 Å². The lowest BCUT2D eigenvalue weighted by atomic mass is 10.2. The van der Waals surface area contributed by atoms with Crippen LogP contribution >= 0.6 is 0 Å². The van der Waals surface area contributed by atoms with Crippen molar-refractivity contribution in [2.75, 3.05) is 34.2 Å². The van der Waals surface area contributed by atoms with Gasteiger partial charge in [-0.2, -0.15) is 0 Å². The summed E-state index contributed by atoms with van der Waals surface area (Å²) in [6.45, 7) is 1.63. The minimum atomic E-state index is -3.68. The molecule has 0 atom stereocenters. The summed E-state index contributed by atoms with van der Waals surface area (Å²) in [7, 11) is 1.98. The fourth-order valence-corrected chi connectivity index (χ4v) is 3.27. The first kappa shape index (κ1) is 18.0. The van der Waals surface area contributed by atoms with Crippen molar-refractivity contribution in [1.82, 2.24) is 14.9 Å². The molecular formula is C14H24FN3O2S. The van der Waals surface area contributed by atoms with E-state index in [1.165, 1.54) is 12.1 Å². The highest BCUT2D eigenvalue weighted by Crippen LogP contribution is 2.17. The number of benzene rings is 1. The van der Waals surface area contributed by atoms with Crippen LogP contribution < -0.4 is 10.0 Å². The molecule has 0 fully saturated rings. The van der Waals surface area contributed by atoms with Crippen LogP contribution in [0.4, 0.5) is 4.39 Å². The van der Waals surface area contributed by atoms with Gasteiger partial charge in [0.05, 0.1) is 4.90 Å². The lowest BCUT2D eigenvalue weighted by Gasteiger charge is -2.12. The highest BCUT2D eigenvalue weighted by molar-refractivity contribution is 7.89. The second-order valence-electron chi connectivity index (χ2n) is 5.19. The first-order valence-corrected chi connectivity index (χ1v) is 8.42. The molecule has 0 aliphatic carbocycles. The average Bonchev–Trinajstić information content (AvgIpc) is 2.40. The SMILES string of the molecule is CNCc1ccc(F)cc1S(=O)(=O)NCCCCN(C)C. The monoisotopic (exact) mass is 317 g/mol. The van der Waals surface area contributed by atoms with Crippen molar-refractivity contribution in [3.63, 3.8) is 0 Å². The summed E-state index contributed by atoms with van der Waals surface area (Å²) in [5.74, 6) is -0.553. The first-order chi connectivity index (χ1) is 9.86. The summed E-state index contributed by atoms with van der Waals surface area (Å²) in [5.41, 5.74) is 0.555. The molecule has 5 nitrogen and oxygen atoms in total. The molecule has 0 saturated heterocycles. The molecule has 7 heteroatoms.